The highest BCUT2D eigenvalue weighted by Crippen LogP contribution is 2.18. The number of anilines is 1. The molecule has 35 heavy (non-hydrogen) atoms. The molecule has 3 aromatic rings. The van der Waals surface area contributed by atoms with Gasteiger partial charge in [0, 0.05) is 64.0 Å². The van der Waals surface area contributed by atoms with E-state index in [0.717, 1.165) is 35.9 Å². The van der Waals surface area contributed by atoms with E-state index in [0.29, 0.717) is 50.9 Å². The molecule has 2 saturated heterocycles. The quantitative estimate of drug-likeness (QED) is 0.462. The Labute approximate surface area is 203 Å². The molecule has 0 saturated carbocycles. The van der Waals surface area contributed by atoms with Gasteiger partial charge in [-0.25, -0.2) is 20.3 Å². The number of ether oxygens (including phenoxy) is 2. The topological polar surface area (TPSA) is 116 Å². The number of carbonyl (C=O) groups excluding carboxylic acids is 1. The van der Waals surface area contributed by atoms with E-state index in [1.807, 2.05) is 23.9 Å². The molecule has 0 spiro atoms. The Balaban J connectivity index is 1.10. The van der Waals surface area contributed by atoms with Gasteiger partial charge in [0.25, 0.3) is 5.91 Å². The second-order valence-electron chi connectivity index (χ2n) is 8.77. The van der Waals surface area contributed by atoms with E-state index in [2.05, 4.69) is 42.9 Å². The van der Waals surface area contributed by atoms with Crippen LogP contribution in [-0.2, 0) is 27.9 Å². The van der Waals surface area contributed by atoms with E-state index in [4.69, 9.17) is 14.3 Å². The summed E-state index contributed by atoms with van der Waals surface area (Å²) >= 11 is 0. The van der Waals surface area contributed by atoms with E-state index < -0.39 is 12.2 Å². The normalized spacial score (nSPS) is 20.8. The number of amides is 1. The van der Waals surface area contributed by atoms with E-state index in [1.54, 1.807) is 0 Å². The van der Waals surface area contributed by atoms with Gasteiger partial charge < -0.3 is 19.7 Å². The lowest BCUT2D eigenvalue weighted by Gasteiger charge is -2.33. The fourth-order valence-corrected chi connectivity index (χ4v) is 4.38. The molecule has 0 aliphatic carbocycles. The van der Waals surface area contributed by atoms with Crippen molar-refractivity contribution in [1.29, 1.82) is 0 Å². The first-order valence-corrected chi connectivity index (χ1v) is 12.0. The number of aromatic nitrogens is 4. The molecule has 11 heteroatoms. The molecule has 0 radical (unpaired) electrons. The van der Waals surface area contributed by atoms with Gasteiger partial charge in [0.1, 0.15) is 0 Å². The summed E-state index contributed by atoms with van der Waals surface area (Å²) in [6.45, 7) is 3.92. The number of hydroxylamine groups is 1. The van der Waals surface area contributed by atoms with Crippen LogP contribution in [0.5, 0.6) is 0 Å². The van der Waals surface area contributed by atoms with E-state index in [1.165, 1.54) is 12.4 Å². The molecule has 2 atom stereocenters. The van der Waals surface area contributed by atoms with Gasteiger partial charge in [-0.15, -0.1) is 0 Å². The largest absolute Gasteiger partial charge is 0.373 e. The van der Waals surface area contributed by atoms with Crippen molar-refractivity contribution < 1.29 is 19.1 Å². The molecule has 1 amide bonds. The van der Waals surface area contributed by atoms with E-state index in [-0.39, 0.29) is 6.10 Å². The number of benzene rings is 1. The maximum Gasteiger partial charge on any atom is 0.278 e. The minimum atomic E-state index is -0.400. The molecule has 2 N–H and O–H groups in total. The number of hydrogen-bond acceptors (Lipinski definition) is 9. The number of hydrogen-bond donors (Lipinski definition) is 2. The summed E-state index contributed by atoms with van der Waals surface area (Å²) in [6.07, 6.45) is 5.42. The van der Waals surface area contributed by atoms with Gasteiger partial charge in [0.05, 0.1) is 29.5 Å². The number of nitrogens with one attached hydrogen (secondary N) is 2. The number of morpholine rings is 1. The summed E-state index contributed by atoms with van der Waals surface area (Å²) in [7, 11) is 1.96. The van der Waals surface area contributed by atoms with Crippen LogP contribution in [-0.4, -0.2) is 70.9 Å². The second kappa shape index (κ2) is 11.1. The van der Waals surface area contributed by atoms with Gasteiger partial charge in [0.15, 0.2) is 6.29 Å². The lowest BCUT2D eigenvalue weighted by Crippen LogP contribution is -2.47. The molecule has 0 bridgehead atoms. The molecule has 2 aliphatic rings. The fraction of sp³-hybridized carbons (Fsp3) is 0.500. The standard InChI is InChI=1S/C24H31N7O4/c1-30-21-7-3-2-6-19(21)20(28-30)15-25-14-18-16-31(9-11-33-18)24-26-12-17(13-27-24)23(32)29-35-22-8-4-5-10-34-22/h2-3,6-7,12-13,18,22,25H,4-5,8-11,14-16H2,1H3,(H,29,32). The van der Waals surface area contributed by atoms with Crippen LogP contribution in [0.3, 0.4) is 0 Å². The Hall–Kier alpha value is -3.12. The van der Waals surface area contributed by atoms with Crippen molar-refractivity contribution in [3.63, 3.8) is 0 Å². The van der Waals surface area contributed by atoms with Gasteiger partial charge in [-0.2, -0.15) is 5.10 Å². The number of rotatable bonds is 8. The Kier molecular flexibility index (Phi) is 7.48. The van der Waals surface area contributed by atoms with Crippen LogP contribution in [0.15, 0.2) is 36.7 Å². The SMILES string of the molecule is Cn1nc(CNCC2CN(c3ncc(C(=O)NOC4CCCCO4)cn3)CCO2)c2ccccc21. The molecule has 11 nitrogen and oxygen atoms in total. The third-order valence-electron chi connectivity index (χ3n) is 6.24. The minimum absolute atomic E-state index is 0.00538. The number of aryl methyl sites for hydroxylation is 1. The third kappa shape index (κ3) is 5.76. The zero-order valence-electron chi connectivity index (χ0n) is 19.9. The summed E-state index contributed by atoms with van der Waals surface area (Å²) in [4.78, 5) is 28.5. The molecule has 2 fully saturated rings. The summed E-state index contributed by atoms with van der Waals surface area (Å²) < 4.78 is 13.3. The highest BCUT2D eigenvalue weighted by molar-refractivity contribution is 5.92. The predicted octanol–water partition coefficient (Wildman–Crippen LogP) is 1.55. The molecule has 2 aromatic heterocycles. The molecular weight excluding hydrogens is 450 g/mol. The van der Waals surface area contributed by atoms with Crippen LogP contribution < -0.4 is 15.7 Å². The maximum absolute atomic E-state index is 12.3. The molecule has 1 aromatic carbocycles. The molecular formula is C24H31N7O4. The van der Waals surface area contributed by atoms with Crippen molar-refractivity contribution in [1.82, 2.24) is 30.5 Å². The smallest absolute Gasteiger partial charge is 0.278 e. The van der Waals surface area contributed by atoms with Crippen LogP contribution in [0.1, 0.15) is 35.3 Å². The molecule has 186 valence electrons. The van der Waals surface area contributed by atoms with Crippen LogP contribution >= 0.6 is 0 Å². The monoisotopic (exact) mass is 481 g/mol. The van der Waals surface area contributed by atoms with Crippen molar-refractivity contribution in [3.05, 3.63) is 47.9 Å². The fourth-order valence-electron chi connectivity index (χ4n) is 4.38. The predicted molar refractivity (Wildman–Crippen MR) is 129 cm³/mol. The molecule has 5 rings (SSSR count). The van der Waals surface area contributed by atoms with Gasteiger partial charge in [0.2, 0.25) is 5.95 Å². The van der Waals surface area contributed by atoms with Gasteiger partial charge >= 0.3 is 0 Å². The van der Waals surface area contributed by atoms with Crippen molar-refractivity contribution in [2.75, 3.05) is 37.7 Å². The van der Waals surface area contributed by atoms with Crippen molar-refractivity contribution in [3.8, 4) is 0 Å². The van der Waals surface area contributed by atoms with Crippen LogP contribution in [0.4, 0.5) is 5.95 Å². The zero-order chi connectivity index (χ0) is 24.0. The first-order chi connectivity index (χ1) is 17.2. The highest BCUT2D eigenvalue weighted by atomic mass is 16.8. The Morgan fingerprint density at radius 1 is 1.17 bits per heavy atom. The summed E-state index contributed by atoms with van der Waals surface area (Å²) in [6, 6.07) is 8.21. The second-order valence-corrected chi connectivity index (χ2v) is 8.77. The van der Waals surface area contributed by atoms with Gasteiger partial charge in [-0.3, -0.25) is 9.48 Å². The summed E-state index contributed by atoms with van der Waals surface area (Å²) in [5.41, 5.74) is 4.90. The van der Waals surface area contributed by atoms with Crippen molar-refractivity contribution >= 4 is 22.8 Å². The van der Waals surface area contributed by atoms with Gasteiger partial charge in [-0.1, -0.05) is 18.2 Å². The average molecular weight is 482 g/mol. The van der Waals surface area contributed by atoms with Gasteiger partial charge in [-0.05, 0) is 18.9 Å². The van der Waals surface area contributed by atoms with Crippen molar-refractivity contribution in [2.24, 2.45) is 7.05 Å². The third-order valence-corrected chi connectivity index (χ3v) is 6.24. The first-order valence-electron chi connectivity index (χ1n) is 12.0. The molecule has 2 unspecified atom stereocenters. The molecule has 4 heterocycles. The van der Waals surface area contributed by atoms with Crippen molar-refractivity contribution in [2.45, 2.75) is 38.2 Å². The van der Waals surface area contributed by atoms with Crippen LogP contribution in [0, 0.1) is 0 Å². The zero-order valence-corrected chi connectivity index (χ0v) is 19.9. The number of carbonyl (C=O) groups is 1. The number of nitrogens with zero attached hydrogens (tertiary/aromatic N) is 5. The Morgan fingerprint density at radius 3 is 2.86 bits per heavy atom. The molecule has 2 aliphatic heterocycles. The lowest BCUT2D eigenvalue weighted by atomic mass is 10.2. The minimum Gasteiger partial charge on any atom is -0.373 e. The summed E-state index contributed by atoms with van der Waals surface area (Å²) in [5.74, 6) is 0.180. The lowest BCUT2D eigenvalue weighted by molar-refractivity contribution is -0.186. The number of para-hydroxylation sites is 1. The maximum atomic E-state index is 12.3. The first kappa shape index (κ1) is 23.6. The Bertz CT molecular complexity index is 1130. The van der Waals surface area contributed by atoms with Crippen LogP contribution in [0.2, 0.25) is 0 Å². The van der Waals surface area contributed by atoms with E-state index >= 15 is 0 Å². The Morgan fingerprint density at radius 2 is 2.03 bits per heavy atom. The highest BCUT2D eigenvalue weighted by Gasteiger charge is 2.23. The van der Waals surface area contributed by atoms with Crippen LogP contribution in [0.25, 0.3) is 10.9 Å². The number of fused-ring (bicyclic) bond motifs is 1. The average Bonchev–Trinajstić information content (AvgIpc) is 3.23. The summed E-state index contributed by atoms with van der Waals surface area (Å²) in [5, 5.41) is 9.26. The van der Waals surface area contributed by atoms with E-state index in [9.17, 15) is 4.79 Å².